The van der Waals surface area contributed by atoms with E-state index in [4.69, 9.17) is 9.05 Å². The van der Waals surface area contributed by atoms with Gasteiger partial charge in [-0.05, 0) is 51.4 Å². The summed E-state index contributed by atoms with van der Waals surface area (Å²) in [5.41, 5.74) is 0. The van der Waals surface area contributed by atoms with Crippen LogP contribution >= 0.6 is 7.82 Å². The molecule has 3 unspecified atom stereocenters. The van der Waals surface area contributed by atoms with Crippen molar-refractivity contribution in [1.29, 1.82) is 0 Å². The van der Waals surface area contributed by atoms with Gasteiger partial charge in [0.1, 0.15) is 13.2 Å². The Morgan fingerprint density at radius 2 is 1.02 bits per heavy atom. The van der Waals surface area contributed by atoms with E-state index < -0.39 is 20.0 Å². The van der Waals surface area contributed by atoms with Crippen molar-refractivity contribution in [2.45, 2.75) is 225 Å². The summed E-state index contributed by atoms with van der Waals surface area (Å²) in [5.74, 6) is -0.171. The van der Waals surface area contributed by atoms with Gasteiger partial charge in [0.2, 0.25) is 5.91 Å². The summed E-state index contributed by atoms with van der Waals surface area (Å²) in [6, 6.07) is -0.800. The molecule has 2 N–H and O–H groups in total. The number of phosphoric ester groups is 1. The van der Waals surface area contributed by atoms with Gasteiger partial charge >= 0.3 is 0 Å². The molecule has 0 aromatic heterocycles. The largest absolute Gasteiger partial charge is 0.756 e. The molecule has 57 heavy (non-hydrogen) atoms. The summed E-state index contributed by atoms with van der Waals surface area (Å²) in [6.45, 7) is 4.69. The molecule has 0 heterocycles. The van der Waals surface area contributed by atoms with Crippen molar-refractivity contribution < 1.29 is 32.9 Å². The number of nitrogens with zero attached hydrogens (tertiary/aromatic N) is 1. The number of quaternary nitrogens is 1. The number of carbonyl (C=O) groups is 1. The van der Waals surface area contributed by atoms with Crippen LogP contribution in [0.25, 0.3) is 0 Å². The molecular weight excluding hydrogens is 732 g/mol. The lowest BCUT2D eigenvalue weighted by Gasteiger charge is -2.30. The van der Waals surface area contributed by atoms with E-state index in [0.29, 0.717) is 23.9 Å². The maximum Gasteiger partial charge on any atom is 0.268 e. The summed E-state index contributed by atoms with van der Waals surface area (Å²) in [4.78, 5) is 25.3. The smallest absolute Gasteiger partial charge is 0.268 e. The Bertz CT molecular complexity index is 1030. The van der Waals surface area contributed by atoms with Crippen LogP contribution in [0.3, 0.4) is 0 Å². The molecule has 0 saturated heterocycles. The van der Waals surface area contributed by atoms with Crippen LogP contribution in [0.1, 0.15) is 213 Å². The van der Waals surface area contributed by atoms with Gasteiger partial charge in [-0.15, -0.1) is 0 Å². The van der Waals surface area contributed by atoms with Crippen molar-refractivity contribution >= 4 is 13.7 Å². The molecule has 3 atom stereocenters. The minimum Gasteiger partial charge on any atom is -0.756 e. The third kappa shape index (κ3) is 42.6. The lowest BCUT2D eigenvalue weighted by atomic mass is 10.0. The zero-order chi connectivity index (χ0) is 42.1. The molecule has 0 aromatic rings. The van der Waals surface area contributed by atoms with Crippen LogP contribution in [0.5, 0.6) is 0 Å². The summed E-state index contributed by atoms with van der Waals surface area (Å²) >= 11 is 0. The van der Waals surface area contributed by atoms with E-state index in [9.17, 15) is 19.4 Å². The van der Waals surface area contributed by atoms with Gasteiger partial charge < -0.3 is 28.8 Å². The number of rotatable bonds is 43. The average molecular weight is 825 g/mol. The highest BCUT2D eigenvalue weighted by atomic mass is 31.2. The molecule has 0 aliphatic rings. The summed E-state index contributed by atoms with van der Waals surface area (Å²) in [6.07, 6.45) is 48.7. The zero-order valence-corrected chi connectivity index (χ0v) is 38.9. The molecule has 0 saturated carbocycles. The maximum absolute atomic E-state index is 12.9. The normalized spacial score (nSPS) is 14.6. The number of aliphatic hydroxyl groups excluding tert-OH is 1. The summed E-state index contributed by atoms with van der Waals surface area (Å²) in [7, 11) is 1.30. The van der Waals surface area contributed by atoms with Crippen LogP contribution in [0.2, 0.25) is 0 Å². The molecule has 9 heteroatoms. The standard InChI is InChI=1S/C48H93N2O6P/c1-6-8-10-12-14-16-18-19-20-21-22-23-24-25-26-27-28-29-30-31-32-34-36-38-40-42-48(52)49-46(45-56-57(53,54)55-44-43-50(3,4)5)47(51)41-39-37-35-33-17-15-13-11-9-7-2/h18-19,21-22,24-25,46-47,51H,6-17,20,23,26-45H2,1-5H3,(H-,49,52,53,54)/b19-18-,22-21-,25-24-. The van der Waals surface area contributed by atoms with Crippen molar-refractivity contribution in [1.82, 2.24) is 5.32 Å². The maximum atomic E-state index is 12.9. The van der Waals surface area contributed by atoms with E-state index in [1.165, 1.54) is 135 Å². The van der Waals surface area contributed by atoms with Gasteiger partial charge in [-0.3, -0.25) is 9.36 Å². The molecule has 1 amide bonds. The number of aliphatic hydroxyl groups is 1. The van der Waals surface area contributed by atoms with Crippen LogP contribution in [0.15, 0.2) is 36.5 Å². The first-order chi connectivity index (χ1) is 27.5. The van der Waals surface area contributed by atoms with E-state index in [0.717, 1.165) is 51.4 Å². The summed E-state index contributed by atoms with van der Waals surface area (Å²) < 4.78 is 23.2. The Kier molecular flexibility index (Phi) is 39.2. The predicted molar refractivity (Wildman–Crippen MR) is 242 cm³/mol. The Labute approximate surface area is 353 Å². The Balaban J connectivity index is 4.17. The highest BCUT2D eigenvalue weighted by molar-refractivity contribution is 7.45. The van der Waals surface area contributed by atoms with Crippen molar-refractivity contribution in [3.63, 3.8) is 0 Å². The number of phosphoric acid groups is 1. The molecule has 0 aliphatic heterocycles. The summed E-state index contributed by atoms with van der Waals surface area (Å²) in [5, 5.41) is 13.9. The molecule has 0 aromatic carbocycles. The molecule has 0 fully saturated rings. The highest BCUT2D eigenvalue weighted by Crippen LogP contribution is 2.38. The predicted octanol–water partition coefficient (Wildman–Crippen LogP) is 12.8. The second kappa shape index (κ2) is 40.1. The Morgan fingerprint density at radius 3 is 1.47 bits per heavy atom. The molecular formula is C48H93N2O6P. The molecule has 0 rings (SSSR count). The van der Waals surface area contributed by atoms with Crippen LogP contribution in [0, 0.1) is 0 Å². The second-order valence-corrected chi connectivity index (χ2v) is 18.9. The molecule has 336 valence electrons. The fraction of sp³-hybridized carbons (Fsp3) is 0.854. The number of amides is 1. The third-order valence-electron chi connectivity index (χ3n) is 10.6. The number of nitrogens with one attached hydrogen (secondary N) is 1. The molecule has 8 nitrogen and oxygen atoms in total. The van der Waals surface area contributed by atoms with Gasteiger partial charge in [-0.25, -0.2) is 0 Å². The quantitative estimate of drug-likeness (QED) is 0.0274. The van der Waals surface area contributed by atoms with Gasteiger partial charge in [-0.1, -0.05) is 192 Å². The van der Waals surface area contributed by atoms with Gasteiger partial charge in [0, 0.05) is 6.42 Å². The number of unbranched alkanes of at least 4 members (excludes halogenated alkanes) is 24. The minimum atomic E-state index is -4.56. The van der Waals surface area contributed by atoms with Crippen LogP contribution < -0.4 is 10.2 Å². The van der Waals surface area contributed by atoms with Gasteiger partial charge in [0.25, 0.3) is 7.82 Å². The third-order valence-corrected chi connectivity index (χ3v) is 11.6. The van der Waals surface area contributed by atoms with E-state index >= 15 is 0 Å². The number of hydrogen-bond donors (Lipinski definition) is 2. The number of carbonyl (C=O) groups excluding carboxylic acids is 1. The fourth-order valence-electron chi connectivity index (χ4n) is 6.81. The average Bonchev–Trinajstić information content (AvgIpc) is 3.16. The first-order valence-corrected chi connectivity index (χ1v) is 25.3. The van der Waals surface area contributed by atoms with E-state index in [-0.39, 0.29) is 19.1 Å². The van der Waals surface area contributed by atoms with E-state index in [2.05, 4.69) is 55.6 Å². The first kappa shape index (κ1) is 55.7. The van der Waals surface area contributed by atoms with Crippen LogP contribution in [-0.4, -0.2) is 68.5 Å². The van der Waals surface area contributed by atoms with Crippen molar-refractivity contribution in [2.24, 2.45) is 0 Å². The van der Waals surface area contributed by atoms with Gasteiger partial charge in [-0.2, -0.15) is 0 Å². The SMILES string of the molecule is CCCCCCC/C=C\C/C=C\C/C=C\CCCCCCCCCCCCC(=O)NC(COP(=O)([O-])OCC[N+](C)(C)C)C(O)CCCCCCCCCCCC. The number of hydrogen-bond acceptors (Lipinski definition) is 6. The number of likely N-dealkylation sites (N-methyl/N-ethyl adjacent to an activating group) is 1. The van der Waals surface area contributed by atoms with E-state index in [1.54, 1.807) is 0 Å². The van der Waals surface area contributed by atoms with Crippen molar-refractivity contribution in [2.75, 3.05) is 40.9 Å². The molecule has 0 aliphatic carbocycles. The molecule has 0 radical (unpaired) electrons. The highest BCUT2D eigenvalue weighted by Gasteiger charge is 2.24. The Morgan fingerprint density at radius 1 is 0.614 bits per heavy atom. The van der Waals surface area contributed by atoms with Crippen molar-refractivity contribution in [3.8, 4) is 0 Å². The number of allylic oxidation sites excluding steroid dienone is 6. The van der Waals surface area contributed by atoms with E-state index in [1.807, 2.05) is 21.1 Å². The first-order valence-electron chi connectivity index (χ1n) is 23.8. The van der Waals surface area contributed by atoms with Gasteiger partial charge in [0.15, 0.2) is 0 Å². The topological polar surface area (TPSA) is 108 Å². The van der Waals surface area contributed by atoms with Crippen LogP contribution in [-0.2, 0) is 18.4 Å². The lowest BCUT2D eigenvalue weighted by molar-refractivity contribution is -0.870. The fourth-order valence-corrected chi connectivity index (χ4v) is 7.53. The van der Waals surface area contributed by atoms with Gasteiger partial charge in [0.05, 0.1) is 39.9 Å². The minimum absolute atomic E-state index is 0.0108. The second-order valence-electron chi connectivity index (χ2n) is 17.5. The zero-order valence-electron chi connectivity index (χ0n) is 38.0. The molecule has 0 spiro atoms. The van der Waals surface area contributed by atoms with Crippen molar-refractivity contribution in [3.05, 3.63) is 36.5 Å². The monoisotopic (exact) mass is 825 g/mol. The Hall–Kier alpha value is -1.28. The van der Waals surface area contributed by atoms with Crippen LogP contribution in [0.4, 0.5) is 0 Å². The molecule has 0 bridgehead atoms. The lowest BCUT2D eigenvalue weighted by Crippen LogP contribution is -2.46.